The zero-order valence-electron chi connectivity index (χ0n) is 17.9. The van der Waals surface area contributed by atoms with Crippen molar-refractivity contribution in [3.63, 3.8) is 0 Å². The van der Waals surface area contributed by atoms with E-state index in [1.165, 1.54) is 5.56 Å². The number of rotatable bonds is 7. The standard InChI is InChI=1S/C20H37BN2O3Si/c1-17(18-7-9-19(10-8-18)21(24)25)23-13-11-22(12-14-23)15-16-26-27(5,6)20(2,3)4/h7-10,17,24-25H,11-16H2,1-6H3/t17-/m1/s1. The van der Waals surface area contributed by atoms with Crippen LogP contribution in [-0.4, -0.2) is 74.6 Å². The maximum absolute atomic E-state index is 9.23. The minimum atomic E-state index is -1.65. The van der Waals surface area contributed by atoms with Gasteiger partial charge in [0.1, 0.15) is 0 Å². The molecule has 1 heterocycles. The molecular formula is C20H37BN2O3Si. The molecule has 0 aromatic heterocycles. The van der Waals surface area contributed by atoms with Crippen molar-refractivity contribution in [2.24, 2.45) is 0 Å². The molecular weight excluding hydrogens is 355 g/mol. The lowest BCUT2D eigenvalue weighted by Crippen LogP contribution is -2.49. The SMILES string of the molecule is C[C@H](c1ccc(B(O)O)cc1)N1CCN(CCO[Si](C)(C)C(C)(C)C)CC1. The Bertz CT molecular complexity index is 582. The highest BCUT2D eigenvalue weighted by Gasteiger charge is 2.37. The van der Waals surface area contributed by atoms with Gasteiger partial charge in [-0.3, -0.25) is 9.80 Å². The van der Waals surface area contributed by atoms with Crippen LogP contribution in [0.25, 0.3) is 0 Å². The highest BCUT2D eigenvalue weighted by Crippen LogP contribution is 2.36. The summed E-state index contributed by atoms with van der Waals surface area (Å²) in [7, 11) is -3.05. The van der Waals surface area contributed by atoms with Gasteiger partial charge in [-0.2, -0.15) is 0 Å². The fraction of sp³-hybridized carbons (Fsp3) is 0.700. The van der Waals surface area contributed by atoms with E-state index in [0.717, 1.165) is 39.3 Å². The topological polar surface area (TPSA) is 56.2 Å². The van der Waals surface area contributed by atoms with Gasteiger partial charge in [-0.05, 0) is 36.1 Å². The van der Waals surface area contributed by atoms with Gasteiger partial charge in [-0.1, -0.05) is 45.0 Å². The Kier molecular flexibility index (Phi) is 7.70. The first kappa shape index (κ1) is 22.6. The lowest BCUT2D eigenvalue weighted by molar-refractivity contribution is 0.0900. The van der Waals surface area contributed by atoms with E-state index in [-0.39, 0.29) is 5.04 Å². The van der Waals surface area contributed by atoms with Gasteiger partial charge < -0.3 is 14.5 Å². The quantitative estimate of drug-likeness (QED) is 0.696. The summed E-state index contributed by atoms with van der Waals surface area (Å²) in [5.41, 5.74) is 1.76. The Morgan fingerprint density at radius 2 is 1.63 bits per heavy atom. The molecule has 0 bridgehead atoms. The number of hydrogen-bond acceptors (Lipinski definition) is 5. The largest absolute Gasteiger partial charge is 0.488 e. The molecule has 2 N–H and O–H groups in total. The van der Waals surface area contributed by atoms with Crippen LogP contribution in [0.15, 0.2) is 24.3 Å². The second kappa shape index (κ2) is 9.20. The van der Waals surface area contributed by atoms with Crippen molar-refractivity contribution >= 4 is 20.9 Å². The minimum Gasteiger partial charge on any atom is -0.423 e. The molecule has 0 unspecified atom stereocenters. The molecule has 0 radical (unpaired) electrons. The summed E-state index contributed by atoms with van der Waals surface area (Å²) in [5, 5.41) is 18.7. The molecule has 27 heavy (non-hydrogen) atoms. The van der Waals surface area contributed by atoms with Crippen molar-refractivity contribution in [3.05, 3.63) is 29.8 Å². The maximum atomic E-state index is 9.23. The molecule has 1 aliphatic rings. The van der Waals surface area contributed by atoms with E-state index in [9.17, 15) is 10.0 Å². The maximum Gasteiger partial charge on any atom is 0.488 e. The Morgan fingerprint density at radius 1 is 1.07 bits per heavy atom. The fourth-order valence-corrected chi connectivity index (χ4v) is 4.21. The van der Waals surface area contributed by atoms with Crippen LogP contribution in [0.1, 0.15) is 39.3 Å². The normalized spacial score (nSPS) is 18.5. The van der Waals surface area contributed by atoms with E-state index in [2.05, 4.69) is 50.6 Å². The minimum absolute atomic E-state index is 0.267. The third-order valence-electron chi connectivity index (χ3n) is 6.35. The molecule has 1 atom stereocenters. The summed E-state index contributed by atoms with van der Waals surface area (Å²) in [6.07, 6.45) is 0. The first-order valence-corrected chi connectivity index (χ1v) is 13.0. The van der Waals surface area contributed by atoms with Gasteiger partial charge in [0.15, 0.2) is 8.32 Å². The first-order valence-electron chi connectivity index (χ1n) is 10.1. The monoisotopic (exact) mass is 392 g/mol. The summed E-state index contributed by atoms with van der Waals surface area (Å²) in [5.74, 6) is 0. The molecule has 0 aliphatic carbocycles. The third kappa shape index (κ3) is 6.14. The molecule has 1 aliphatic heterocycles. The lowest BCUT2D eigenvalue weighted by atomic mass is 9.80. The van der Waals surface area contributed by atoms with Gasteiger partial charge in [0.05, 0.1) is 0 Å². The molecule has 7 heteroatoms. The van der Waals surface area contributed by atoms with Crippen molar-refractivity contribution in [3.8, 4) is 0 Å². The van der Waals surface area contributed by atoms with E-state index in [1.807, 2.05) is 12.1 Å². The molecule has 1 aromatic rings. The Balaban J connectivity index is 1.78. The van der Waals surface area contributed by atoms with Crippen molar-refractivity contribution < 1.29 is 14.5 Å². The second-order valence-electron chi connectivity index (χ2n) is 9.20. The van der Waals surface area contributed by atoms with E-state index in [0.29, 0.717) is 11.5 Å². The van der Waals surface area contributed by atoms with Gasteiger partial charge >= 0.3 is 7.12 Å². The second-order valence-corrected chi connectivity index (χ2v) is 14.0. The summed E-state index contributed by atoms with van der Waals surface area (Å²) in [6, 6.07) is 7.92. The van der Waals surface area contributed by atoms with E-state index >= 15 is 0 Å². The Hall–Kier alpha value is -0.698. The van der Waals surface area contributed by atoms with Crippen LogP contribution in [0.3, 0.4) is 0 Å². The fourth-order valence-electron chi connectivity index (χ4n) is 3.18. The third-order valence-corrected chi connectivity index (χ3v) is 10.9. The summed E-state index contributed by atoms with van der Waals surface area (Å²) in [6.45, 7) is 19.8. The highest BCUT2D eigenvalue weighted by atomic mass is 28.4. The molecule has 1 saturated heterocycles. The zero-order valence-corrected chi connectivity index (χ0v) is 18.9. The predicted molar refractivity (Wildman–Crippen MR) is 116 cm³/mol. The van der Waals surface area contributed by atoms with Crippen LogP contribution in [-0.2, 0) is 4.43 Å². The number of piperazine rings is 1. The molecule has 1 aromatic carbocycles. The van der Waals surface area contributed by atoms with Crippen LogP contribution in [0, 0.1) is 0 Å². The molecule has 2 rings (SSSR count). The Morgan fingerprint density at radius 3 is 2.11 bits per heavy atom. The van der Waals surface area contributed by atoms with E-state index < -0.39 is 15.4 Å². The Labute approximate surface area is 166 Å². The van der Waals surface area contributed by atoms with Crippen molar-refractivity contribution in [2.75, 3.05) is 39.3 Å². The smallest absolute Gasteiger partial charge is 0.423 e. The van der Waals surface area contributed by atoms with Crippen LogP contribution in [0.5, 0.6) is 0 Å². The average Bonchev–Trinajstić information content (AvgIpc) is 2.60. The summed E-state index contributed by atoms with van der Waals surface area (Å²) in [4.78, 5) is 5.00. The van der Waals surface area contributed by atoms with Crippen molar-refractivity contribution in [1.29, 1.82) is 0 Å². The molecule has 0 saturated carbocycles. The number of nitrogens with zero attached hydrogens (tertiary/aromatic N) is 2. The van der Waals surface area contributed by atoms with Gasteiger partial charge in [0.25, 0.3) is 0 Å². The lowest BCUT2D eigenvalue weighted by Gasteiger charge is -2.40. The van der Waals surface area contributed by atoms with Crippen LogP contribution in [0.2, 0.25) is 18.1 Å². The van der Waals surface area contributed by atoms with Crippen molar-refractivity contribution in [1.82, 2.24) is 9.80 Å². The highest BCUT2D eigenvalue weighted by molar-refractivity contribution is 6.74. The van der Waals surface area contributed by atoms with E-state index in [1.54, 1.807) is 12.1 Å². The molecule has 0 spiro atoms. The number of hydrogen-bond donors (Lipinski definition) is 2. The number of benzene rings is 1. The molecule has 1 fully saturated rings. The van der Waals surface area contributed by atoms with Crippen molar-refractivity contribution in [2.45, 2.75) is 51.9 Å². The molecule has 152 valence electrons. The van der Waals surface area contributed by atoms with Gasteiger partial charge in [-0.25, -0.2) is 0 Å². The summed E-state index contributed by atoms with van der Waals surface area (Å²) < 4.78 is 6.31. The van der Waals surface area contributed by atoms with Gasteiger partial charge in [0, 0.05) is 45.4 Å². The first-order chi connectivity index (χ1) is 12.5. The summed E-state index contributed by atoms with van der Waals surface area (Å²) >= 11 is 0. The van der Waals surface area contributed by atoms with Gasteiger partial charge in [0.2, 0.25) is 0 Å². The van der Waals surface area contributed by atoms with Gasteiger partial charge in [-0.15, -0.1) is 0 Å². The van der Waals surface area contributed by atoms with E-state index in [4.69, 9.17) is 4.43 Å². The zero-order chi connectivity index (χ0) is 20.2. The van der Waals surface area contributed by atoms with Crippen LogP contribution >= 0.6 is 0 Å². The average molecular weight is 392 g/mol. The van der Waals surface area contributed by atoms with Crippen LogP contribution < -0.4 is 5.46 Å². The van der Waals surface area contributed by atoms with Crippen LogP contribution in [0.4, 0.5) is 0 Å². The molecule has 5 nitrogen and oxygen atoms in total. The molecule has 0 amide bonds. The predicted octanol–water partition coefficient (Wildman–Crippen LogP) is 2.07.